The second-order valence-corrected chi connectivity index (χ2v) is 6.04. The Labute approximate surface area is 133 Å². The van der Waals surface area contributed by atoms with Crippen LogP contribution in [0, 0.1) is 0 Å². The predicted molar refractivity (Wildman–Crippen MR) is 79.4 cm³/mol. The van der Waals surface area contributed by atoms with Crippen molar-refractivity contribution in [1.29, 1.82) is 0 Å². The minimum absolute atomic E-state index is 0.122. The molecule has 1 aliphatic heterocycles. The SMILES string of the molecule is O[C@H]1[C@@H](Oc2c[nH]c3ccc(Br)c(Cl)c23)OC[C@H](O)[C@H]1O. The lowest BCUT2D eigenvalue weighted by atomic mass is 10.1. The Morgan fingerprint density at radius 1 is 1.29 bits per heavy atom. The van der Waals surface area contributed by atoms with E-state index in [2.05, 4.69) is 20.9 Å². The number of benzene rings is 1. The van der Waals surface area contributed by atoms with E-state index in [0.717, 1.165) is 5.52 Å². The van der Waals surface area contributed by atoms with Gasteiger partial charge in [-0.25, -0.2) is 0 Å². The standard InChI is InChI=1S/C13H13BrClNO5/c14-5-1-2-6-9(10(5)15)8(3-16-6)21-13-12(19)11(18)7(17)4-20-13/h1-3,7,11-13,16-19H,4H2/t7-,11+,12+,13+/m0/s1. The van der Waals surface area contributed by atoms with Gasteiger partial charge >= 0.3 is 0 Å². The number of aliphatic hydroxyl groups excluding tert-OH is 3. The summed E-state index contributed by atoms with van der Waals surface area (Å²) in [5.41, 5.74) is 0.768. The smallest absolute Gasteiger partial charge is 0.229 e. The highest BCUT2D eigenvalue weighted by molar-refractivity contribution is 9.10. The van der Waals surface area contributed by atoms with Gasteiger partial charge in [-0.05, 0) is 28.1 Å². The van der Waals surface area contributed by atoms with Gasteiger partial charge in [-0.3, -0.25) is 0 Å². The van der Waals surface area contributed by atoms with Crippen LogP contribution in [-0.2, 0) is 4.74 Å². The zero-order valence-corrected chi connectivity index (χ0v) is 13.0. The largest absolute Gasteiger partial charge is 0.460 e. The average Bonchev–Trinajstić information content (AvgIpc) is 2.87. The predicted octanol–water partition coefficient (Wildman–Crippen LogP) is 1.40. The first-order chi connectivity index (χ1) is 9.99. The lowest BCUT2D eigenvalue weighted by molar-refractivity contribution is -0.241. The minimum atomic E-state index is -1.36. The number of H-pyrrole nitrogens is 1. The maximum atomic E-state index is 9.89. The van der Waals surface area contributed by atoms with Crippen LogP contribution in [0.5, 0.6) is 5.75 Å². The number of halogens is 2. The third-order valence-electron chi connectivity index (χ3n) is 3.40. The molecule has 0 bridgehead atoms. The molecule has 21 heavy (non-hydrogen) atoms. The van der Waals surface area contributed by atoms with Gasteiger partial charge in [0.2, 0.25) is 6.29 Å². The Bertz CT molecular complexity index is 663. The average molecular weight is 379 g/mol. The summed E-state index contributed by atoms with van der Waals surface area (Å²) in [7, 11) is 0. The lowest BCUT2D eigenvalue weighted by Crippen LogP contribution is -2.54. The van der Waals surface area contributed by atoms with Crippen LogP contribution in [0.2, 0.25) is 5.02 Å². The maximum absolute atomic E-state index is 9.89. The van der Waals surface area contributed by atoms with Crippen molar-refractivity contribution >= 4 is 38.4 Å². The molecule has 2 heterocycles. The lowest BCUT2D eigenvalue weighted by Gasteiger charge is -2.34. The summed E-state index contributed by atoms with van der Waals surface area (Å²) in [6.45, 7) is -0.122. The summed E-state index contributed by atoms with van der Waals surface area (Å²) in [6, 6.07) is 3.63. The Morgan fingerprint density at radius 2 is 2.05 bits per heavy atom. The Balaban J connectivity index is 1.90. The zero-order chi connectivity index (χ0) is 15.1. The highest BCUT2D eigenvalue weighted by Crippen LogP contribution is 2.37. The van der Waals surface area contributed by atoms with Crippen molar-refractivity contribution in [2.45, 2.75) is 24.6 Å². The van der Waals surface area contributed by atoms with Gasteiger partial charge in [0, 0.05) is 10.7 Å². The van der Waals surface area contributed by atoms with E-state index >= 15 is 0 Å². The van der Waals surface area contributed by atoms with E-state index in [9.17, 15) is 15.3 Å². The molecule has 1 aromatic carbocycles. The number of fused-ring (bicyclic) bond motifs is 1. The number of hydrogen-bond acceptors (Lipinski definition) is 5. The molecule has 0 amide bonds. The van der Waals surface area contributed by atoms with Gasteiger partial charge in [-0.15, -0.1) is 0 Å². The summed E-state index contributed by atoms with van der Waals surface area (Å²) in [5.74, 6) is 0.393. The molecule has 8 heteroatoms. The molecule has 4 atom stereocenters. The van der Waals surface area contributed by atoms with Crippen LogP contribution in [0.1, 0.15) is 0 Å². The number of ether oxygens (including phenoxy) is 2. The van der Waals surface area contributed by atoms with E-state index < -0.39 is 24.6 Å². The molecule has 0 unspecified atom stereocenters. The van der Waals surface area contributed by atoms with E-state index in [1.54, 1.807) is 12.3 Å². The number of aliphatic hydroxyl groups is 3. The van der Waals surface area contributed by atoms with Gasteiger partial charge in [0.15, 0.2) is 0 Å². The number of hydrogen-bond donors (Lipinski definition) is 4. The van der Waals surface area contributed by atoms with Crippen LogP contribution < -0.4 is 4.74 Å². The van der Waals surface area contributed by atoms with Crippen molar-refractivity contribution in [3.8, 4) is 5.75 Å². The topological polar surface area (TPSA) is 94.9 Å². The van der Waals surface area contributed by atoms with Gasteiger partial charge in [0.1, 0.15) is 24.1 Å². The van der Waals surface area contributed by atoms with Gasteiger partial charge < -0.3 is 29.8 Å². The first-order valence-electron chi connectivity index (χ1n) is 6.26. The summed E-state index contributed by atoms with van der Waals surface area (Å²) in [4.78, 5) is 3.00. The van der Waals surface area contributed by atoms with E-state index in [1.807, 2.05) is 6.07 Å². The number of nitrogens with one attached hydrogen (secondary N) is 1. The molecular weight excluding hydrogens is 366 g/mol. The molecule has 1 saturated heterocycles. The highest BCUT2D eigenvalue weighted by Gasteiger charge is 2.39. The molecule has 3 rings (SSSR count). The highest BCUT2D eigenvalue weighted by atomic mass is 79.9. The van der Waals surface area contributed by atoms with E-state index in [-0.39, 0.29) is 6.61 Å². The van der Waals surface area contributed by atoms with Crippen LogP contribution >= 0.6 is 27.5 Å². The third kappa shape index (κ3) is 2.65. The zero-order valence-electron chi connectivity index (χ0n) is 10.7. The van der Waals surface area contributed by atoms with Crippen LogP contribution in [0.15, 0.2) is 22.8 Å². The molecular formula is C13H13BrClNO5. The summed E-state index contributed by atoms with van der Waals surface area (Å²) in [6.07, 6.45) is -3.31. The third-order valence-corrected chi connectivity index (χ3v) is 4.68. The first kappa shape index (κ1) is 15.1. The molecule has 0 saturated carbocycles. The fraction of sp³-hybridized carbons (Fsp3) is 0.385. The second kappa shape index (κ2) is 5.75. The molecule has 0 radical (unpaired) electrons. The Morgan fingerprint density at radius 3 is 2.81 bits per heavy atom. The Hall–Kier alpha value is -0.830. The van der Waals surface area contributed by atoms with Crippen molar-refractivity contribution in [1.82, 2.24) is 4.98 Å². The van der Waals surface area contributed by atoms with Gasteiger partial charge in [0.05, 0.1) is 22.5 Å². The fourth-order valence-corrected chi connectivity index (χ4v) is 2.82. The number of rotatable bonds is 2. The molecule has 114 valence electrons. The van der Waals surface area contributed by atoms with Crippen LogP contribution in [0.4, 0.5) is 0 Å². The molecule has 0 aliphatic carbocycles. The molecule has 4 N–H and O–H groups in total. The second-order valence-electron chi connectivity index (χ2n) is 4.80. The molecule has 1 aromatic heterocycles. The first-order valence-corrected chi connectivity index (χ1v) is 7.43. The van der Waals surface area contributed by atoms with E-state index in [0.29, 0.717) is 20.6 Å². The van der Waals surface area contributed by atoms with Gasteiger partial charge in [-0.2, -0.15) is 0 Å². The number of aromatic nitrogens is 1. The van der Waals surface area contributed by atoms with Crippen molar-refractivity contribution in [3.05, 3.63) is 27.8 Å². The summed E-state index contributed by atoms with van der Waals surface area (Å²) < 4.78 is 11.5. The van der Waals surface area contributed by atoms with Gasteiger partial charge in [-0.1, -0.05) is 11.6 Å². The van der Waals surface area contributed by atoms with Crippen LogP contribution in [-0.4, -0.2) is 51.5 Å². The fourth-order valence-electron chi connectivity index (χ4n) is 2.23. The van der Waals surface area contributed by atoms with Crippen LogP contribution in [0.3, 0.4) is 0 Å². The van der Waals surface area contributed by atoms with Crippen molar-refractivity contribution in [2.75, 3.05) is 6.61 Å². The normalized spacial score (nSPS) is 29.8. The quantitative estimate of drug-likeness (QED) is 0.634. The Kier molecular flexibility index (Phi) is 4.13. The van der Waals surface area contributed by atoms with E-state index in [4.69, 9.17) is 21.1 Å². The van der Waals surface area contributed by atoms with Gasteiger partial charge in [0.25, 0.3) is 0 Å². The van der Waals surface area contributed by atoms with Crippen LogP contribution in [0.25, 0.3) is 10.9 Å². The molecule has 0 spiro atoms. The number of aromatic amines is 1. The summed E-state index contributed by atoms with van der Waals surface area (Å²) in [5, 5.41) is 30.1. The molecule has 1 fully saturated rings. The van der Waals surface area contributed by atoms with Crippen molar-refractivity contribution < 1.29 is 24.8 Å². The van der Waals surface area contributed by atoms with Crippen molar-refractivity contribution in [3.63, 3.8) is 0 Å². The minimum Gasteiger partial charge on any atom is -0.460 e. The molecule has 2 aromatic rings. The monoisotopic (exact) mass is 377 g/mol. The van der Waals surface area contributed by atoms with E-state index in [1.165, 1.54) is 0 Å². The van der Waals surface area contributed by atoms with Crippen molar-refractivity contribution in [2.24, 2.45) is 0 Å². The molecule has 6 nitrogen and oxygen atoms in total. The maximum Gasteiger partial charge on any atom is 0.229 e. The summed E-state index contributed by atoms with van der Waals surface area (Å²) >= 11 is 9.57. The molecule has 1 aliphatic rings.